The first-order valence-electron chi connectivity index (χ1n) is 13.9. The maximum absolute atomic E-state index is 13.6. The number of hydrogen-bond donors (Lipinski definition) is 1. The van der Waals surface area contributed by atoms with Gasteiger partial charge in [-0.05, 0) is 41.5 Å². The lowest BCUT2D eigenvalue weighted by Gasteiger charge is -2.34. The van der Waals surface area contributed by atoms with Crippen molar-refractivity contribution in [3.63, 3.8) is 0 Å². The third-order valence-corrected chi connectivity index (χ3v) is 9.78. The molecule has 0 radical (unpaired) electrons. The molecule has 1 fully saturated rings. The van der Waals surface area contributed by atoms with Gasteiger partial charge in [-0.2, -0.15) is 13.2 Å². The second-order valence-electron chi connectivity index (χ2n) is 10.3. The quantitative estimate of drug-likeness (QED) is 0.212. The normalized spacial score (nSPS) is 13.9. The molecule has 6 rings (SSSR count). The van der Waals surface area contributed by atoms with E-state index in [9.17, 15) is 26.4 Å². The molecule has 230 valence electrons. The third kappa shape index (κ3) is 6.69. The number of halogens is 3. The molecule has 5 aromatic rings. The van der Waals surface area contributed by atoms with Gasteiger partial charge in [0.2, 0.25) is 5.13 Å². The van der Waals surface area contributed by atoms with Gasteiger partial charge in [-0.1, -0.05) is 84.1 Å². The van der Waals surface area contributed by atoms with Crippen LogP contribution < -0.4 is 9.62 Å². The van der Waals surface area contributed by atoms with E-state index in [4.69, 9.17) is 0 Å². The molecule has 45 heavy (non-hydrogen) atoms. The first-order valence-corrected chi connectivity index (χ1v) is 16.2. The fourth-order valence-electron chi connectivity index (χ4n) is 4.96. The van der Waals surface area contributed by atoms with E-state index in [-0.39, 0.29) is 23.5 Å². The molecule has 0 atom stereocenters. The van der Waals surface area contributed by atoms with E-state index in [1.807, 2.05) is 65.6 Å². The predicted molar refractivity (Wildman–Crippen MR) is 168 cm³/mol. The molecule has 13 heteroatoms. The minimum atomic E-state index is -4.74. The molecule has 1 aliphatic rings. The van der Waals surface area contributed by atoms with E-state index in [2.05, 4.69) is 14.9 Å². The lowest BCUT2D eigenvalue weighted by Crippen LogP contribution is -2.49. The minimum Gasteiger partial charge on any atom is -0.343 e. The number of sulfonamides is 1. The van der Waals surface area contributed by atoms with Crippen LogP contribution in [0.4, 0.5) is 24.0 Å². The predicted octanol–water partition coefficient (Wildman–Crippen LogP) is 6.65. The highest BCUT2D eigenvalue weighted by atomic mass is 32.2. The van der Waals surface area contributed by atoms with Crippen molar-refractivity contribution >= 4 is 38.1 Å². The lowest BCUT2D eigenvalue weighted by molar-refractivity contribution is -0.137. The first kappa shape index (κ1) is 30.3. The van der Waals surface area contributed by atoms with Gasteiger partial charge < -0.3 is 9.80 Å². The summed E-state index contributed by atoms with van der Waals surface area (Å²) in [5.41, 5.74) is 0.895. The second-order valence-corrected chi connectivity index (χ2v) is 12.9. The summed E-state index contributed by atoms with van der Waals surface area (Å²) in [4.78, 5) is 16.9. The molecule has 2 heterocycles. The van der Waals surface area contributed by atoms with Crippen LogP contribution in [0.15, 0.2) is 108 Å². The van der Waals surface area contributed by atoms with Gasteiger partial charge in [0, 0.05) is 31.7 Å². The highest BCUT2D eigenvalue weighted by Crippen LogP contribution is 2.34. The number of piperazine rings is 1. The summed E-state index contributed by atoms with van der Waals surface area (Å²) < 4.78 is 69.8. The Morgan fingerprint density at radius 1 is 0.756 bits per heavy atom. The Morgan fingerprint density at radius 3 is 1.98 bits per heavy atom. The van der Waals surface area contributed by atoms with Gasteiger partial charge >= 0.3 is 6.18 Å². The molecule has 0 bridgehead atoms. The summed E-state index contributed by atoms with van der Waals surface area (Å²) >= 11 is 1.43. The topological polar surface area (TPSA) is 95.5 Å². The fourth-order valence-corrected chi connectivity index (χ4v) is 6.94. The summed E-state index contributed by atoms with van der Waals surface area (Å²) in [6.45, 7) is 1.36. The van der Waals surface area contributed by atoms with Crippen molar-refractivity contribution in [1.29, 1.82) is 0 Å². The van der Waals surface area contributed by atoms with Crippen molar-refractivity contribution in [3.8, 4) is 21.7 Å². The molecule has 1 aromatic heterocycles. The summed E-state index contributed by atoms with van der Waals surface area (Å²) in [6.07, 6.45) is -4.74. The van der Waals surface area contributed by atoms with Crippen molar-refractivity contribution in [2.75, 3.05) is 35.8 Å². The van der Waals surface area contributed by atoms with Crippen LogP contribution >= 0.6 is 11.3 Å². The van der Waals surface area contributed by atoms with Crippen LogP contribution in [0.3, 0.4) is 0 Å². The molecule has 0 unspecified atom stereocenters. The number of amides is 1. The summed E-state index contributed by atoms with van der Waals surface area (Å²) in [5.74, 6) is -0.581. The van der Waals surface area contributed by atoms with Gasteiger partial charge in [-0.15, -0.1) is 10.2 Å². The van der Waals surface area contributed by atoms with E-state index in [0.717, 1.165) is 33.8 Å². The van der Waals surface area contributed by atoms with Crippen molar-refractivity contribution in [2.24, 2.45) is 0 Å². The monoisotopic (exact) mass is 649 g/mol. The highest BCUT2D eigenvalue weighted by molar-refractivity contribution is 7.92. The average Bonchev–Trinajstić information content (AvgIpc) is 3.55. The first-order chi connectivity index (χ1) is 21.6. The van der Waals surface area contributed by atoms with Crippen molar-refractivity contribution < 1.29 is 26.4 Å². The van der Waals surface area contributed by atoms with Crippen LogP contribution in [0.2, 0.25) is 0 Å². The summed E-state index contributed by atoms with van der Waals surface area (Å²) in [6, 6.07) is 27.4. The van der Waals surface area contributed by atoms with E-state index < -0.39 is 33.4 Å². The molecular weight excluding hydrogens is 624 g/mol. The Kier molecular flexibility index (Phi) is 8.30. The van der Waals surface area contributed by atoms with Crippen molar-refractivity contribution in [2.45, 2.75) is 11.1 Å². The third-order valence-electron chi connectivity index (χ3n) is 7.37. The number of carbonyl (C=O) groups excluding carboxylic acids is 1. The molecule has 1 aliphatic heterocycles. The number of anilines is 2. The zero-order valence-electron chi connectivity index (χ0n) is 23.6. The number of nitrogens with zero attached hydrogens (tertiary/aromatic N) is 4. The number of benzene rings is 4. The van der Waals surface area contributed by atoms with Crippen LogP contribution in [0.5, 0.6) is 0 Å². The Bertz CT molecular complexity index is 1910. The van der Waals surface area contributed by atoms with Gasteiger partial charge in [0.05, 0.1) is 21.7 Å². The molecule has 1 amide bonds. The zero-order valence-corrected chi connectivity index (χ0v) is 25.2. The highest BCUT2D eigenvalue weighted by Gasteiger charge is 2.33. The number of hydrogen-bond acceptors (Lipinski definition) is 7. The SMILES string of the molecule is O=C(c1ccc(C(F)(F)F)cc1NS(=O)(=O)c1ccc(-c2ccccc2)cc1)N1CCN(c2nnc(-c3ccccc3)s2)CC1. The molecule has 1 saturated heterocycles. The minimum absolute atomic E-state index is 0.154. The van der Waals surface area contributed by atoms with Crippen molar-refractivity contribution in [1.82, 2.24) is 15.1 Å². The smallest absolute Gasteiger partial charge is 0.343 e. The second kappa shape index (κ2) is 12.3. The Hall–Kier alpha value is -4.75. The van der Waals surface area contributed by atoms with E-state index in [1.54, 1.807) is 12.1 Å². The standard InChI is InChI=1S/C32H26F3N5O3S2/c33-32(34,35)25-13-16-27(28(21-25)38-45(42,43)26-14-11-23(12-15-26)22-7-3-1-4-8-22)30(41)39-17-19-40(20-18-39)31-37-36-29(44-31)24-9-5-2-6-10-24/h1-16,21,38H,17-20H2. The molecule has 1 N–H and O–H groups in total. The molecule has 8 nitrogen and oxygen atoms in total. The van der Waals surface area contributed by atoms with Gasteiger partial charge in [0.25, 0.3) is 15.9 Å². The maximum atomic E-state index is 13.6. The van der Waals surface area contributed by atoms with Gasteiger partial charge in [0.15, 0.2) is 0 Å². The lowest BCUT2D eigenvalue weighted by atomic mass is 10.1. The molecule has 0 aliphatic carbocycles. The number of nitrogens with one attached hydrogen (secondary N) is 1. The zero-order chi connectivity index (χ0) is 31.6. The van der Waals surface area contributed by atoms with E-state index in [1.165, 1.54) is 28.4 Å². The van der Waals surface area contributed by atoms with Crippen LogP contribution in [0, 0.1) is 0 Å². The van der Waals surface area contributed by atoms with Gasteiger partial charge in [0.1, 0.15) is 5.01 Å². The van der Waals surface area contributed by atoms with Gasteiger partial charge in [-0.25, -0.2) is 8.42 Å². The van der Waals surface area contributed by atoms with Crippen LogP contribution in [0.1, 0.15) is 15.9 Å². The van der Waals surface area contributed by atoms with E-state index in [0.29, 0.717) is 24.3 Å². The van der Waals surface area contributed by atoms with Gasteiger partial charge in [-0.3, -0.25) is 9.52 Å². The number of rotatable bonds is 7. The number of aromatic nitrogens is 2. The molecule has 0 saturated carbocycles. The summed E-state index contributed by atoms with van der Waals surface area (Å²) in [5, 5.41) is 10.0. The molecule has 4 aromatic carbocycles. The Labute approximate surface area is 261 Å². The average molecular weight is 650 g/mol. The van der Waals surface area contributed by atoms with Crippen LogP contribution in [0.25, 0.3) is 21.7 Å². The maximum Gasteiger partial charge on any atom is 0.416 e. The summed E-state index contributed by atoms with van der Waals surface area (Å²) in [7, 11) is -4.34. The van der Waals surface area contributed by atoms with E-state index >= 15 is 0 Å². The fraction of sp³-hybridized carbons (Fsp3) is 0.156. The largest absolute Gasteiger partial charge is 0.416 e. The molecule has 0 spiro atoms. The number of alkyl halides is 3. The van der Waals surface area contributed by atoms with Crippen molar-refractivity contribution in [3.05, 3.63) is 114 Å². The number of carbonyl (C=O) groups is 1. The molecular formula is C32H26F3N5O3S2. The Balaban J connectivity index is 1.20. The van der Waals surface area contributed by atoms with Crippen LogP contribution in [-0.2, 0) is 16.2 Å². The Morgan fingerprint density at radius 2 is 1.36 bits per heavy atom. The van der Waals surface area contributed by atoms with Crippen LogP contribution in [-0.4, -0.2) is 55.6 Å².